The van der Waals surface area contributed by atoms with Crippen LogP contribution < -0.4 is 15.5 Å². The van der Waals surface area contributed by atoms with Gasteiger partial charge in [0.15, 0.2) is 0 Å². The molecule has 4 rings (SSSR count). The van der Waals surface area contributed by atoms with Crippen molar-refractivity contribution in [2.45, 2.75) is 25.8 Å². The molecule has 0 radical (unpaired) electrons. The highest BCUT2D eigenvalue weighted by Crippen LogP contribution is 2.23. The van der Waals surface area contributed by atoms with E-state index in [1.54, 1.807) is 17.5 Å². The summed E-state index contributed by atoms with van der Waals surface area (Å²) in [4.78, 5) is 23.5. The summed E-state index contributed by atoms with van der Waals surface area (Å²) in [5.41, 5.74) is 2.83. The minimum absolute atomic E-state index is 0.226. The van der Waals surface area contributed by atoms with E-state index in [9.17, 15) is 4.79 Å². The van der Waals surface area contributed by atoms with Gasteiger partial charge in [0, 0.05) is 54.2 Å². The molecule has 1 aromatic carbocycles. The smallest absolute Gasteiger partial charge is 0.319 e. The predicted molar refractivity (Wildman–Crippen MR) is 114 cm³/mol. The number of hydrogen-bond acceptors (Lipinski definition) is 5. The first-order valence-corrected chi connectivity index (χ1v) is 10.4. The number of piperidine rings is 1. The fourth-order valence-corrected chi connectivity index (χ4v) is 4.02. The summed E-state index contributed by atoms with van der Waals surface area (Å²) in [5, 5.41) is 8.74. The van der Waals surface area contributed by atoms with Gasteiger partial charge in [0.25, 0.3) is 0 Å². The van der Waals surface area contributed by atoms with Gasteiger partial charge in [-0.25, -0.2) is 14.8 Å². The van der Waals surface area contributed by atoms with Crippen LogP contribution >= 0.6 is 11.3 Å². The maximum atomic E-state index is 12.3. The molecule has 144 valence electrons. The third kappa shape index (κ3) is 4.48. The van der Waals surface area contributed by atoms with E-state index in [1.807, 2.05) is 48.0 Å². The van der Waals surface area contributed by atoms with Gasteiger partial charge < -0.3 is 15.5 Å². The Morgan fingerprint density at radius 3 is 2.61 bits per heavy atom. The number of anilines is 2. The van der Waals surface area contributed by atoms with Gasteiger partial charge in [-0.15, -0.1) is 11.3 Å². The third-order valence-corrected chi connectivity index (χ3v) is 5.61. The number of nitrogens with one attached hydrogen (secondary N) is 2. The number of urea groups is 1. The second-order valence-electron chi connectivity index (χ2n) is 6.76. The molecule has 0 bridgehead atoms. The molecule has 0 aliphatic carbocycles. The van der Waals surface area contributed by atoms with Crippen LogP contribution in [0.5, 0.6) is 0 Å². The molecule has 6 nitrogen and oxygen atoms in total. The van der Waals surface area contributed by atoms with E-state index in [0.29, 0.717) is 6.54 Å². The first kappa shape index (κ1) is 18.4. The van der Waals surface area contributed by atoms with Crippen molar-refractivity contribution in [1.29, 1.82) is 0 Å². The number of aromatic nitrogens is 2. The van der Waals surface area contributed by atoms with E-state index in [2.05, 4.69) is 25.5 Å². The van der Waals surface area contributed by atoms with E-state index >= 15 is 0 Å². The molecule has 1 fully saturated rings. The number of amides is 2. The molecule has 7 heteroatoms. The molecule has 2 N–H and O–H groups in total. The molecular weight excluding hydrogens is 370 g/mol. The van der Waals surface area contributed by atoms with Crippen molar-refractivity contribution < 1.29 is 4.79 Å². The van der Waals surface area contributed by atoms with Gasteiger partial charge in [-0.05, 0) is 49.6 Å². The zero-order valence-electron chi connectivity index (χ0n) is 15.6. The van der Waals surface area contributed by atoms with Gasteiger partial charge in [-0.2, -0.15) is 0 Å². The Morgan fingerprint density at radius 1 is 1.04 bits per heavy atom. The monoisotopic (exact) mass is 393 g/mol. The third-order valence-electron chi connectivity index (χ3n) is 4.78. The molecule has 0 saturated carbocycles. The minimum Gasteiger partial charge on any atom is -0.356 e. The highest BCUT2D eigenvalue weighted by Gasteiger charge is 2.15. The van der Waals surface area contributed by atoms with Crippen LogP contribution in [0.1, 0.15) is 24.8 Å². The first-order chi connectivity index (χ1) is 13.8. The number of carbonyl (C=O) groups is 1. The molecule has 0 atom stereocenters. The number of hydrogen-bond donors (Lipinski definition) is 2. The highest BCUT2D eigenvalue weighted by atomic mass is 32.1. The Morgan fingerprint density at radius 2 is 1.86 bits per heavy atom. The lowest BCUT2D eigenvalue weighted by molar-refractivity contribution is 0.251. The Labute approximate surface area is 168 Å². The first-order valence-electron chi connectivity index (χ1n) is 9.53. The van der Waals surface area contributed by atoms with Crippen LogP contribution in [0.15, 0.2) is 54.2 Å². The molecule has 28 heavy (non-hydrogen) atoms. The van der Waals surface area contributed by atoms with E-state index in [-0.39, 0.29) is 6.03 Å². The number of thiazole rings is 1. The molecule has 3 heterocycles. The van der Waals surface area contributed by atoms with Crippen LogP contribution in [0.2, 0.25) is 0 Å². The Hall–Kier alpha value is -2.93. The maximum absolute atomic E-state index is 12.3. The molecule has 0 spiro atoms. The van der Waals surface area contributed by atoms with Crippen molar-refractivity contribution in [3.63, 3.8) is 0 Å². The van der Waals surface area contributed by atoms with Crippen LogP contribution in [0, 0.1) is 0 Å². The Bertz CT molecular complexity index is 905. The molecule has 1 aliphatic heterocycles. The summed E-state index contributed by atoms with van der Waals surface area (Å²) < 4.78 is 0. The van der Waals surface area contributed by atoms with Gasteiger partial charge in [-0.1, -0.05) is 6.07 Å². The topological polar surface area (TPSA) is 70.2 Å². The Balaban J connectivity index is 1.35. The summed E-state index contributed by atoms with van der Waals surface area (Å²) in [5.74, 6) is 0.982. The second kappa shape index (κ2) is 8.84. The molecule has 2 amide bonds. The fraction of sp³-hybridized carbons (Fsp3) is 0.286. The number of rotatable bonds is 5. The zero-order chi connectivity index (χ0) is 19.2. The van der Waals surface area contributed by atoms with Gasteiger partial charge >= 0.3 is 6.03 Å². The lowest BCUT2D eigenvalue weighted by Gasteiger charge is -2.29. The molecule has 1 saturated heterocycles. The summed E-state index contributed by atoms with van der Waals surface area (Å²) in [7, 11) is 0. The van der Waals surface area contributed by atoms with Gasteiger partial charge in [0.1, 0.15) is 10.8 Å². The van der Waals surface area contributed by atoms with Crippen molar-refractivity contribution in [2.75, 3.05) is 23.3 Å². The number of nitrogens with zero attached hydrogens (tertiary/aromatic N) is 3. The van der Waals surface area contributed by atoms with Gasteiger partial charge in [0.2, 0.25) is 0 Å². The highest BCUT2D eigenvalue weighted by molar-refractivity contribution is 7.13. The Kier molecular flexibility index (Phi) is 5.82. The van der Waals surface area contributed by atoms with Crippen molar-refractivity contribution in [1.82, 2.24) is 15.3 Å². The quantitative estimate of drug-likeness (QED) is 0.669. The average Bonchev–Trinajstić information content (AvgIpc) is 3.29. The average molecular weight is 394 g/mol. The second-order valence-corrected chi connectivity index (χ2v) is 7.65. The van der Waals surface area contributed by atoms with Crippen LogP contribution in [0.4, 0.5) is 16.3 Å². The predicted octanol–water partition coefficient (Wildman–Crippen LogP) is 4.52. The SMILES string of the molecule is O=C(NCc1cccnc1N1CCCCC1)Nc1ccc(-c2nccs2)cc1. The van der Waals surface area contributed by atoms with Crippen LogP contribution in [-0.2, 0) is 6.54 Å². The number of pyridine rings is 1. The van der Waals surface area contributed by atoms with Gasteiger partial charge in [-0.3, -0.25) is 0 Å². The van der Waals surface area contributed by atoms with Crippen molar-refractivity contribution in [3.05, 3.63) is 59.7 Å². The maximum Gasteiger partial charge on any atom is 0.319 e. The minimum atomic E-state index is -0.226. The lowest BCUT2D eigenvalue weighted by Crippen LogP contribution is -2.33. The van der Waals surface area contributed by atoms with E-state index in [4.69, 9.17) is 0 Å². The fourth-order valence-electron chi connectivity index (χ4n) is 3.37. The van der Waals surface area contributed by atoms with Gasteiger partial charge in [0.05, 0.1) is 0 Å². The van der Waals surface area contributed by atoms with Crippen LogP contribution in [0.25, 0.3) is 10.6 Å². The molecule has 2 aromatic heterocycles. The summed E-state index contributed by atoms with van der Waals surface area (Å²) in [6, 6.07) is 11.4. The zero-order valence-corrected chi connectivity index (χ0v) is 16.4. The standard InChI is InChI=1S/C21H23N5OS/c27-21(25-18-8-6-16(7-9-18)20-23-11-14-28-20)24-15-17-5-4-10-22-19(17)26-12-2-1-3-13-26/h4-11,14H,1-3,12-13,15H2,(H2,24,25,27). The number of carbonyl (C=O) groups excluding carboxylic acids is 1. The molecule has 3 aromatic rings. The van der Waals surface area contributed by atoms with Crippen molar-refractivity contribution >= 4 is 28.9 Å². The summed E-state index contributed by atoms with van der Waals surface area (Å²) in [6.07, 6.45) is 7.27. The van der Waals surface area contributed by atoms with E-state index < -0.39 is 0 Å². The van der Waals surface area contributed by atoms with Crippen LogP contribution in [-0.4, -0.2) is 29.1 Å². The van der Waals surface area contributed by atoms with Crippen LogP contribution in [0.3, 0.4) is 0 Å². The van der Waals surface area contributed by atoms with Crippen molar-refractivity contribution in [2.24, 2.45) is 0 Å². The van der Waals surface area contributed by atoms with E-state index in [1.165, 1.54) is 19.3 Å². The molecular formula is C21H23N5OS. The lowest BCUT2D eigenvalue weighted by atomic mass is 10.1. The summed E-state index contributed by atoms with van der Waals surface area (Å²) >= 11 is 1.59. The molecule has 0 unspecified atom stereocenters. The number of benzene rings is 1. The normalized spacial score (nSPS) is 13.9. The summed E-state index contributed by atoms with van der Waals surface area (Å²) in [6.45, 7) is 2.51. The van der Waals surface area contributed by atoms with Crippen molar-refractivity contribution in [3.8, 4) is 10.6 Å². The largest absolute Gasteiger partial charge is 0.356 e. The molecule has 1 aliphatic rings. The van der Waals surface area contributed by atoms with E-state index in [0.717, 1.165) is 40.7 Å².